The predicted molar refractivity (Wildman–Crippen MR) is 125 cm³/mol. The Labute approximate surface area is 198 Å². The van der Waals surface area contributed by atoms with Gasteiger partial charge in [-0.15, -0.1) is 0 Å². The van der Waals surface area contributed by atoms with Crippen LogP contribution in [-0.4, -0.2) is 42.1 Å². The molecule has 0 N–H and O–H groups in total. The van der Waals surface area contributed by atoms with Crippen LogP contribution in [0.4, 0.5) is 22.6 Å². The van der Waals surface area contributed by atoms with Crippen molar-refractivity contribution in [3.63, 3.8) is 0 Å². The van der Waals surface area contributed by atoms with Gasteiger partial charge in [0, 0.05) is 38.0 Å². The lowest BCUT2D eigenvalue weighted by Crippen LogP contribution is -2.21. The Bertz CT molecular complexity index is 1280. The lowest BCUT2D eigenvalue weighted by Gasteiger charge is -2.18. The number of benzene rings is 2. The molecule has 0 radical (unpaired) electrons. The molecule has 2 heterocycles. The van der Waals surface area contributed by atoms with Crippen LogP contribution in [0.1, 0.15) is 11.3 Å². The van der Waals surface area contributed by atoms with Crippen LogP contribution < -0.4 is 4.90 Å². The van der Waals surface area contributed by atoms with E-state index in [-0.39, 0.29) is 5.82 Å². The summed E-state index contributed by atoms with van der Waals surface area (Å²) in [4.78, 5) is 6.66. The Balaban J connectivity index is 1.76. The van der Waals surface area contributed by atoms with Gasteiger partial charge in [0.25, 0.3) is 0 Å². The zero-order valence-electron chi connectivity index (χ0n) is 18.7. The van der Waals surface area contributed by atoms with Gasteiger partial charge >= 0.3 is 6.18 Å². The molecule has 4 aromatic rings. The van der Waals surface area contributed by atoms with Crippen LogP contribution in [0.15, 0.2) is 54.7 Å². The lowest BCUT2D eigenvalue weighted by molar-refractivity contribution is -0.137. The summed E-state index contributed by atoms with van der Waals surface area (Å²) >= 11 is 1.36. The number of anilines is 1. The summed E-state index contributed by atoms with van der Waals surface area (Å²) in [7, 11) is 3.47. The number of alkyl halides is 3. The molecule has 0 saturated carbocycles. The monoisotopic (exact) mass is 490 g/mol. The Kier molecular flexibility index (Phi) is 6.72. The van der Waals surface area contributed by atoms with Crippen LogP contribution in [0.25, 0.3) is 27.5 Å². The predicted octanol–water partition coefficient (Wildman–Crippen LogP) is 6.21. The highest BCUT2D eigenvalue weighted by molar-refractivity contribution is 7.18. The number of likely N-dealkylation sites (N-methyl/N-ethyl adjacent to an activating group) is 1. The molecule has 4 rings (SSSR count). The summed E-state index contributed by atoms with van der Waals surface area (Å²) in [5.41, 5.74) is 2.55. The van der Waals surface area contributed by atoms with Crippen molar-refractivity contribution in [2.75, 3.05) is 32.2 Å². The highest BCUT2D eigenvalue weighted by Crippen LogP contribution is 2.39. The Hall–Kier alpha value is -3.24. The Morgan fingerprint density at radius 2 is 1.82 bits per heavy atom. The van der Waals surface area contributed by atoms with Gasteiger partial charge in [-0.3, -0.25) is 0 Å². The van der Waals surface area contributed by atoms with E-state index >= 15 is 0 Å². The van der Waals surface area contributed by atoms with E-state index in [2.05, 4.69) is 5.10 Å². The zero-order chi connectivity index (χ0) is 24.5. The average Bonchev–Trinajstić information content (AvgIpc) is 3.41. The average molecular weight is 491 g/mol. The maximum absolute atomic E-state index is 13.7. The van der Waals surface area contributed by atoms with Gasteiger partial charge in [0.05, 0.1) is 17.9 Å². The molecule has 0 unspecified atom stereocenters. The molecule has 34 heavy (non-hydrogen) atoms. The third-order valence-electron chi connectivity index (χ3n) is 5.29. The van der Waals surface area contributed by atoms with E-state index in [9.17, 15) is 17.6 Å². The highest BCUT2D eigenvalue weighted by Gasteiger charge is 2.30. The van der Waals surface area contributed by atoms with E-state index in [1.807, 2.05) is 18.9 Å². The molecule has 5 nitrogen and oxygen atoms in total. The first-order valence-corrected chi connectivity index (χ1v) is 11.2. The highest BCUT2D eigenvalue weighted by atomic mass is 32.1. The van der Waals surface area contributed by atoms with Gasteiger partial charge in [-0.05, 0) is 36.8 Å². The number of ether oxygens (including phenoxy) is 1. The number of methoxy groups -OCH3 is 1. The standard InChI is InChI=1S/C24H22F4N4OS/c1-15-20(17-5-4-6-19(25)13-17)14-32(30-15)23-29-21(22(34-23)31(2)11-12-33-3)16-7-9-18(10-8-16)24(26,27)28/h4-10,13-14H,11-12H2,1-3H3. The summed E-state index contributed by atoms with van der Waals surface area (Å²) in [6.45, 7) is 2.87. The third kappa shape index (κ3) is 4.97. The van der Waals surface area contributed by atoms with Gasteiger partial charge in [0.1, 0.15) is 16.5 Å². The van der Waals surface area contributed by atoms with Crippen LogP contribution >= 0.6 is 11.3 Å². The Morgan fingerprint density at radius 1 is 1.09 bits per heavy atom. The van der Waals surface area contributed by atoms with E-state index in [0.29, 0.717) is 40.8 Å². The minimum absolute atomic E-state index is 0.342. The number of aromatic nitrogens is 3. The topological polar surface area (TPSA) is 43.2 Å². The summed E-state index contributed by atoms with van der Waals surface area (Å²) in [5, 5.41) is 5.87. The normalized spacial score (nSPS) is 11.7. The van der Waals surface area contributed by atoms with Crippen LogP contribution in [0.2, 0.25) is 0 Å². The number of thiazole rings is 1. The van der Waals surface area contributed by atoms with Gasteiger partial charge in [-0.1, -0.05) is 35.6 Å². The molecule has 0 amide bonds. The first-order chi connectivity index (χ1) is 16.2. The van der Waals surface area contributed by atoms with Gasteiger partial charge in [0.2, 0.25) is 5.13 Å². The van der Waals surface area contributed by atoms with Gasteiger partial charge < -0.3 is 9.64 Å². The number of hydrogen-bond acceptors (Lipinski definition) is 5. The van der Waals surface area contributed by atoms with E-state index in [1.54, 1.807) is 30.1 Å². The number of halogens is 4. The Morgan fingerprint density at radius 3 is 2.47 bits per heavy atom. The molecule has 0 aliphatic rings. The molecule has 0 fully saturated rings. The second-order valence-corrected chi connectivity index (χ2v) is 8.68. The number of rotatable bonds is 7. The molecule has 178 valence electrons. The molecular weight excluding hydrogens is 468 g/mol. The molecular formula is C24H22F4N4OS. The lowest BCUT2D eigenvalue weighted by atomic mass is 10.1. The quantitative estimate of drug-likeness (QED) is 0.289. The number of aryl methyl sites for hydroxylation is 1. The fraction of sp³-hybridized carbons (Fsp3) is 0.250. The van der Waals surface area contributed by atoms with Crippen molar-refractivity contribution >= 4 is 16.3 Å². The van der Waals surface area contributed by atoms with E-state index in [4.69, 9.17) is 9.72 Å². The van der Waals surface area contributed by atoms with Gasteiger partial charge in [-0.2, -0.15) is 18.3 Å². The van der Waals surface area contributed by atoms with Crippen molar-refractivity contribution < 1.29 is 22.3 Å². The summed E-state index contributed by atoms with van der Waals surface area (Å²) in [5.74, 6) is -0.342. The van der Waals surface area contributed by atoms with Crippen LogP contribution in [0.5, 0.6) is 0 Å². The van der Waals surface area contributed by atoms with Crippen molar-refractivity contribution in [2.24, 2.45) is 0 Å². The molecule has 10 heteroatoms. The molecule has 2 aromatic carbocycles. The van der Waals surface area contributed by atoms with Crippen molar-refractivity contribution in [2.45, 2.75) is 13.1 Å². The minimum Gasteiger partial charge on any atom is -0.383 e. The van der Waals surface area contributed by atoms with E-state index < -0.39 is 11.7 Å². The van der Waals surface area contributed by atoms with Crippen molar-refractivity contribution in [3.05, 3.63) is 71.8 Å². The van der Waals surface area contributed by atoms with Gasteiger partial charge in [0.15, 0.2) is 0 Å². The maximum Gasteiger partial charge on any atom is 0.416 e. The second-order valence-electron chi connectivity index (χ2n) is 7.72. The fourth-order valence-electron chi connectivity index (χ4n) is 3.49. The van der Waals surface area contributed by atoms with Crippen LogP contribution in [0, 0.1) is 12.7 Å². The molecule has 0 spiro atoms. The largest absolute Gasteiger partial charge is 0.416 e. The van der Waals surface area contributed by atoms with Gasteiger partial charge in [-0.25, -0.2) is 14.1 Å². The summed E-state index contributed by atoms with van der Waals surface area (Å²) in [6, 6.07) is 11.2. The van der Waals surface area contributed by atoms with Crippen LogP contribution in [-0.2, 0) is 10.9 Å². The van der Waals surface area contributed by atoms with Crippen LogP contribution in [0.3, 0.4) is 0 Å². The van der Waals surface area contributed by atoms with Crippen molar-refractivity contribution in [1.29, 1.82) is 0 Å². The SMILES string of the molecule is COCCN(C)c1sc(-n2cc(-c3cccc(F)c3)c(C)n2)nc1-c1ccc(C(F)(F)F)cc1. The molecule has 0 bridgehead atoms. The summed E-state index contributed by atoms with van der Waals surface area (Å²) < 4.78 is 59.6. The van der Waals surface area contributed by atoms with E-state index in [1.165, 1.54) is 35.6 Å². The fourth-order valence-corrected chi connectivity index (χ4v) is 4.49. The summed E-state index contributed by atoms with van der Waals surface area (Å²) in [6.07, 6.45) is -2.64. The first-order valence-electron chi connectivity index (χ1n) is 10.4. The molecule has 0 atom stereocenters. The second kappa shape index (κ2) is 9.55. The first kappa shape index (κ1) is 23.9. The smallest absolute Gasteiger partial charge is 0.383 e. The molecule has 0 aliphatic heterocycles. The molecule has 2 aromatic heterocycles. The molecule has 0 aliphatic carbocycles. The van der Waals surface area contributed by atoms with Crippen molar-refractivity contribution in [3.8, 4) is 27.5 Å². The molecule has 0 saturated heterocycles. The van der Waals surface area contributed by atoms with E-state index in [0.717, 1.165) is 22.7 Å². The maximum atomic E-state index is 13.7. The number of hydrogen-bond donors (Lipinski definition) is 0. The third-order valence-corrected chi connectivity index (χ3v) is 6.45. The van der Waals surface area contributed by atoms with Crippen molar-refractivity contribution in [1.82, 2.24) is 14.8 Å². The minimum atomic E-state index is -4.41. The zero-order valence-corrected chi connectivity index (χ0v) is 19.5. The number of nitrogens with zero attached hydrogens (tertiary/aromatic N) is 4.